The van der Waals surface area contributed by atoms with Gasteiger partial charge in [0.25, 0.3) is 0 Å². The van der Waals surface area contributed by atoms with E-state index in [1.807, 2.05) is 55.5 Å². The number of aliphatic imine (C=N–C) groups is 2. The van der Waals surface area contributed by atoms with Gasteiger partial charge in [-0.2, -0.15) is 0 Å². The molecule has 2 aromatic rings. The van der Waals surface area contributed by atoms with Crippen molar-refractivity contribution in [3.05, 3.63) is 88.1 Å². The fourth-order valence-electron chi connectivity index (χ4n) is 2.72. The Kier molecular flexibility index (Phi) is 4.01. The Morgan fingerprint density at radius 3 is 2.32 bits per heavy atom. The predicted octanol–water partition coefficient (Wildman–Crippen LogP) is 2.85. The first-order chi connectivity index (χ1) is 12.3. The van der Waals surface area contributed by atoms with Crippen LogP contribution in [0.1, 0.15) is 18.3 Å². The van der Waals surface area contributed by atoms with Crippen LogP contribution >= 0.6 is 0 Å². The minimum atomic E-state index is 0.955. The molecule has 0 saturated carbocycles. The third-order valence-corrected chi connectivity index (χ3v) is 3.94. The van der Waals surface area contributed by atoms with Crippen molar-refractivity contribution in [2.24, 2.45) is 9.98 Å². The molecule has 0 saturated heterocycles. The van der Waals surface area contributed by atoms with Crippen LogP contribution in [-0.2, 0) is 0 Å². The molecule has 0 spiro atoms. The standard InChI is InChI=1S/C21H18N4/c1-2-15-5-6-18(23-15)13-19-9-10-21(25-19)14-20-8-7-17(24-20)12-16-4-3-11-22-16/h2-14,24-25H,1H3/b15-2-,16-12-,19-13-,21-14-. The van der Waals surface area contributed by atoms with Crippen molar-refractivity contribution in [1.82, 2.24) is 9.97 Å². The third kappa shape index (κ3) is 3.58. The van der Waals surface area contributed by atoms with Crippen LogP contribution in [-0.4, -0.2) is 21.9 Å². The number of H-pyrrole nitrogens is 2. The minimum Gasteiger partial charge on any atom is -0.355 e. The first-order valence-electron chi connectivity index (χ1n) is 8.21. The summed E-state index contributed by atoms with van der Waals surface area (Å²) in [4.78, 5) is 15.5. The van der Waals surface area contributed by atoms with Crippen LogP contribution in [0.3, 0.4) is 0 Å². The van der Waals surface area contributed by atoms with Crippen molar-refractivity contribution in [2.45, 2.75) is 6.92 Å². The van der Waals surface area contributed by atoms with Crippen LogP contribution in [0.4, 0.5) is 0 Å². The summed E-state index contributed by atoms with van der Waals surface area (Å²) in [5, 5.41) is 2.08. The molecule has 2 aromatic heterocycles. The van der Waals surface area contributed by atoms with Gasteiger partial charge >= 0.3 is 0 Å². The third-order valence-electron chi connectivity index (χ3n) is 3.94. The zero-order chi connectivity index (χ0) is 17.1. The monoisotopic (exact) mass is 326 g/mol. The maximum atomic E-state index is 4.50. The maximum absolute atomic E-state index is 4.50. The summed E-state index contributed by atoms with van der Waals surface area (Å²) in [6.07, 6.45) is 17.9. The number of nitrogens with one attached hydrogen (secondary N) is 2. The molecule has 2 aliphatic heterocycles. The van der Waals surface area contributed by atoms with Crippen LogP contribution in [0.25, 0.3) is 18.2 Å². The number of hydrogen-bond acceptors (Lipinski definition) is 2. The Hall–Kier alpha value is -3.40. The van der Waals surface area contributed by atoms with E-state index >= 15 is 0 Å². The Morgan fingerprint density at radius 1 is 0.800 bits per heavy atom. The van der Waals surface area contributed by atoms with Gasteiger partial charge < -0.3 is 9.97 Å². The molecule has 0 aromatic carbocycles. The zero-order valence-electron chi connectivity index (χ0n) is 13.9. The fraction of sp³-hybridized carbons (Fsp3) is 0.0476. The molecule has 0 amide bonds. The van der Waals surface area contributed by atoms with Gasteiger partial charge in [0, 0.05) is 28.3 Å². The van der Waals surface area contributed by atoms with Gasteiger partial charge in [-0.1, -0.05) is 6.08 Å². The first kappa shape index (κ1) is 15.1. The van der Waals surface area contributed by atoms with Crippen molar-refractivity contribution in [1.29, 1.82) is 0 Å². The van der Waals surface area contributed by atoms with Crippen molar-refractivity contribution >= 4 is 30.2 Å². The molecule has 25 heavy (non-hydrogen) atoms. The van der Waals surface area contributed by atoms with Gasteiger partial charge in [0.05, 0.1) is 17.1 Å². The van der Waals surface area contributed by atoms with E-state index in [-0.39, 0.29) is 0 Å². The van der Waals surface area contributed by atoms with E-state index in [1.54, 1.807) is 6.21 Å². The number of nitrogens with zero attached hydrogens (tertiary/aromatic N) is 2. The summed E-state index contributed by atoms with van der Waals surface area (Å²) in [7, 11) is 0. The summed E-state index contributed by atoms with van der Waals surface area (Å²) >= 11 is 0. The van der Waals surface area contributed by atoms with Crippen molar-refractivity contribution in [2.75, 3.05) is 0 Å². The van der Waals surface area contributed by atoms with Crippen molar-refractivity contribution < 1.29 is 0 Å². The summed E-state index contributed by atoms with van der Waals surface area (Å²) in [6.45, 7) is 1.99. The van der Waals surface area contributed by atoms with Crippen LogP contribution in [0, 0.1) is 0 Å². The quantitative estimate of drug-likeness (QED) is 0.871. The van der Waals surface area contributed by atoms with E-state index in [9.17, 15) is 0 Å². The van der Waals surface area contributed by atoms with E-state index in [0.29, 0.717) is 0 Å². The topological polar surface area (TPSA) is 56.3 Å². The number of allylic oxidation sites excluding steroid dienone is 5. The van der Waals surface area contributed by atoms with Crippen LogP contribution < -0.4 is 10.7 Å². The van der Waals surface area contributed by atoms with Gasteiger partial charge in [-0.25, -0.2) is 4.99 Å². The molecule has 4 heterocycles. The summed E-state index contributed by atoms with van der Waals surface area (Å²) in [6, 6.07) is 8.22. The average molecular weight is 326 g/mol. The van der Waals surface area contributed by atoms with Crippen LogP contribution in [0.2, 0.25) is 0 Å². The molecule has 4 rings (SSSR count). The normalized spacial score (nSPS) is 20.6. The largest absolute Gasteiger partial charge is 0.355 e. The van der Waals surface area contributed by atoms with Crippen LogP contribution in [0.15, 0.2) is 76.0 Å². The van der Waals surface area contributed by atoms with E-state index in [4.69, 9.17) is 0 Å². The molecule has 0 fully saturated rings. The summed E-state index contributed by atoms with van der Waals surface area (Å²) in [5.41, 5.74) is 4.99. The SMILES string of the molecule is C/C=C1/C=CC(/C=c2/cc/c(=C/c3ccc(/C=C4/C=CC=N4)[nH]3)[nH]2)=N1. The number of aromatic nitrogens is 2. The Bertz CT molecular complexity index is 1080. The molecule has 2 aliphatic rings. The number of hydrogen-bond donors (Lipinski definition) is 2. The lowest BCUT2D eigenvalue weighted by Gasteiger charge is -1.89. The van der Waals surface area contributed by atoms with E-state index in [2.05, 4.69) is 44.2 Å². The Balaban J connectivity index is 1.57. The van der Waals surface area contributed by atoms with E-state index in [0.717, 1.165) is 39.2 Å². The molecule has 0 unspecified atom stereocenters. The average Bonchev–Trinajstić information content (AvgIpc) is 3.38. The van der Waals surface area contributed by atoms with Crippen molar-refractivity contribution in [3.8, 4) is 0 Å². The lowest BCUT2D eigenvalue weighted by molar-refractivity contribution is 1.26. The van der Waals surface area contributed by atoms with Gasteiger partial charge in [0.15, 0.2) is 0 Å². The molecule has 0 radical (unpaired) electrons. The molecule has 2 N–H and O–H groups in total. The molecule has 4 heteroatoms. The van der Waals surface area contributed by atoms with Gasteiger partial charge in [-0.05, 0) is 73.7 Å². The van der Waals surface area contributed by atoms with Crippen LogP contribution in [0.5, 0.6) is 0 Å². The fourth-order valence-corrected chi connectivity index (χ4v) is 2.72. The molecule has 0 atom stereocenters. The molecule has 122 valence electrons. The summed E-state index contributed by atoms with van der Waals surface area (Å²) in [5.74, 6) is 0. The second kappa shape index (κ2) is 6.61. The molecule has 0 bridgehead atoms. The highest BCUT2D eigenvalue weighted by atomic mass is 14.8. The lowest BCUT2D eigenvalue weighted by Crippen LogP contribution is -2.10. The second-order valence-corrected chi connectivity index (χ2v) is 5.82. The predicted molar refractivity (Wildman–Crippen MR) is 105 cm³/mol. The number of rotatable bonds is 3. The van der Waals surface area contributed by atoms with Gasteiger partial charge in [0.1, 0.15) is 0 Å². The van der Waals surface area contributed by atoms with E-state index in [1.165, 1.54) is 0 Å². The lowest BCUT2D eigenvalue weighted by atomic mass is 10.3. The molecule has 4 nitrogen and oxygen atoms in total. The highest BCUT2D eigenvalue weighted by molar-refractivity contribution is 6.19. The minimum absolute atomic E-state index is 0.955. The molecular weight excluding hydrogens is 308 g/mol. The smallest absolute Gasteiger partial charge is 0.0658 e. The molecular formula is C21H18N4. The zero-order valence-corrected chi connectivity index (χ0v) is 13.9. The highest BCUT2D eigenvalue weighted by Gasteiger charge is 2.00. The highest BCUT2D eigenvalue weighted by Crippen LogP contribution is 2.12. The molecule has 0 aliphatic carbocycles. The first-order valence-corrected chi connectivity index (χ1v) is 8.21. The van der Waals surface area contributed by atoms with Gasteiger partial charge in [-0.15, -0.1) is 0 Å². The van der Waals surface area contributed by atoms with Gasteiger partial charge in [-0.3, -0.25) is 4.99 Å². The van der Waals surface area contributed by atoms with Crippen molar-refractivity contribution in [3.63, 3.8) is 0 Å². The van der Waals surface area contributed by atoms with E-state index < -0.39 is 0 Å². The van der Waals surface area contributed by atoms with Gasteiger partial charge in [0.2, 0.25) is 0 Å². The maximum Gasteiger partial charge on any atom is 0.0658 e. The Labute approximate surface area is 145 Å². The second-order valence-electron chi connectivity index (χ2n) is 5.82. The Morgan fingerprint density at radius 2 is 1.60 bits per heavy atom. The number of aromatic amines is 2. The summed E-state index contributed by atoms with van der Waals surface area (Å²) < 4.78 is 0.